The Morgan fingerprint density at radius 2 is 1.88 bits per heavy atom. The standard InChI is InChI=1S/C13H12FNO2/c14-13(10-15,11-4-2-1-3-5-11)7-6-12-16-8-9-17-12/h1-5,8-9,12H,6-7H2. The number of hydrogen-bond donors (Lipinski definition) is 0. The Kier molecular flexibility index (Phi) is 3.29. The number of hydrogen-bond acceptors (Lipinski definition) is 3. The number of rotatable bonds is 4. The van der Waals surface area contributed by atoms with Crippen molar-refractivity contribution in [1.29, 1.82) is 5.26 Å². The number of ether oxygens (including phenoxy) is 2. The molecule has 1 atom stereocenters. The summed E-state index contributed by atoms with van der Waals surface area (Å²) >= 11 is 0. The predicted molar refractivity (Wildman–Crippen MR) is 59.2 cm³/mol. The van der Waals surface area contributed by atoms with Crippen LogP contribution in [0, 0.1) is 11.3 Å². The van der Waals surface area contributed by atoms with Crippen LogP contribution in [0.4, 0.5) is 4.39 Å². The van der Waals surface area contributed by atoms with Crippen molar-refractivity contribution in [3.8, 4) is 6.07 Å². The maximum absolute atomic E-state index is 14.4. The Balaban J connectivity index is 2.02. The minimum atomic E-state index is -1.99. The molecule has 1 aromatic rings. The molecule has 0 radical (unpaired) electrons. The first-order chi connectivity index (χ1) is 8.24. The monoisotopic (exact) mass is 233 g/mol. The number of nitriles is 1. The maximum Gasteiger partial charge on any atom is 0.239 e. The third-order valence-corrected chi connectivity index (χ3v) is 2.65. The molecule has 2 rings (SSSR count). The van der Waals surface area contributed by atoms with Gasteiger partial charge in [-0.15, -0.1) is 0 Å². The highest BCUT2D eigenvalue weighted by molar-refractivity contribution is 5.28. The molecule has 4 heteroatoms. The van der Waals surface area contributed by atoms with Crippen molar-refractivity contribution < 1.29 is 13.9 Å². The second-order valence-corrected chi connectivity index (χ2v) is 3.79. The van der Waals surface area contributed by atoms with Crippen LogP contribution in [0.5, 0.6) is 0 Å². The molecule has 0 aliphatic carbocycles. The van der Waals surface area contributed by atoms with Gasteiger partial charge in [0, 0.05) is 18.4 Å². The van der Waals surface area contributed by atoms with Crippen LogP contribution in [0.3, 0.4) is 0 Å². The lowest BCUT2D eigenvalue weighted by Gasteiger charge is -2.19. The van der Waals surface area contributed by atoms with Crippen molar-refractivity contribution >= 4 is 0 Å². The highest BCUT2D eigenvalue weighted by Gasteiger charge is 2.33. The number of alkyl halides is 1. The first-order valence-electron chi connectivity index (χ1n) is 5.36. The fourth-order valence-corrected chi connectivity index (χ4v) is 1.69. The van der Waals surface area contributed by atoms with Crippen molar-refractivity contribution in [2.75, 3.05) is 0 Å². The maximum atomic E-state index is 14.4. The highest BCUT2D eigenvalue weighted by Crippen LogP contribution is 2.31. The Bertz CT molecular complexity index is 432. The zero-order chi connectivity index (χ0) is 12.1. The third-order valence-electron chi connectivity index (χ3n) is 2.65. The summed E-state index contributed by atoms with van der Waals surface area (Å²) in [6.45, 7) is 0. The van der Waals surface area contributed by atoms with E-state index >= 15 is 0 Å². The molecule has 1 aliphatic rings. The van der Waals surface area contributed by atoms with E-state index < -0.39 is 12.0 Å². The van der Waals surface area contributed by atoms with Crippen LogP contribution in [0.2, 0.25) is 0 Å². The van der Waals surface area contributed by atoms with Gasteiger partial charge in [0.05, 0.1) is 0 Å². The largest absolute Gasteiger partial charge is 0.459 e. The summed E-state index contributed by atoms with van der Waals surface area (Å²) in [7, 11) is 0. The van der Waals surface area contributed by atoms with Crippen LogP contribution in [-0.2, 0) is 15.1 Å². The molecule has 1 unspecified atom stereocenters. The van der Waals surface area contributed by atoms with Gasteiger partial charge in [-0.2, -0.15) is 5.26 Å². The summed E-state index contributed by atoms with van der Waals surface area (Å²) in [6.07, 6.45) is 2.72. The summed E-state index contributed by atoms with van der Waals surface area (Å²) in [5.41, 5.74) is -1.62. The van der Waals surface area contributed by atoms with E-state index in [2.05, 4.69) is 0 Å². The zero-order valence-corrected chi connectivity index (χ0v) is 9.17. The molecule has 0 fully saturated rings. The van der Waals surface area contributed by atoms with Gasteiger partial charge in [0.25, 0.3) is 0 Å². The molecule has 0 bridgehead atoms. The van der Waals surface area contributed by atoms with E-state index in [4.69, 9.17) is 14.7 Å². The Morgan fingerprint density at radius 3 is 2.47 bits per heavy atom. The molecule has 0 N–H and O–H groups in total. The normalized spacial score (nSPS) is 17.9. The summed E-state index contributed by atoms with van der Waals surface area (Å²) in [4.78, 5) is 0. The minimum Gasteiger partial charge on any atom is -0.459 e. The van der Waals surface area contributed by atoms with Crippen molar-refractivity contribution in [2.24, 2.45) is 0 Å². The molecule has 0 amide bonds. The first-order valence-corrected chi connectivity index (χ1v) is 5.36. The molecule has 3 nitrogen and oxygen atoms in total. The Labute approximate surface area is 99.1 Å². The van der Waals surface area contributed by atoms with Crippen LogP contribution in [0.1, 0.15) is 18.4 Å². The second kappa shape index (κ2) is 4.88. The summed E-state index contributed by atoms with van der Waals surface area (Å²) < 4.78 is 24.5. The summed E-state index contributed by atoms with van der Waals surface area (Å²) in [6, 6.07) is 10.2. The molecular formula is C13H12FNO2. The zero-order valence-electron chi connectivity index (χ0n) is 9.17. The third kappa shape index (κ3) is 2.56. The fourth-order valence-electron chi connectivity index (χ4n) is 1.69. The van der Waals surface area contributed by atoms with Gasteiger partial charge in [-0.1, -0.05) is 30.3 Å². The van der Waals surface area contributed by atoms with Gasteiger partial charge in [-0.3, -0.25) is 0 Å². The van der Waals surface area contributed by atoms with Crippen molar-refractivity contribution in [3.05, 3.63) is 48.4 Å². The van der Waals surface area contributed by atoms with Gasteiger partial charge in [-0.25, -0.2) is 4.39 Å². The minimum absolute atomic E-state index is 0.0415. The van der Waals surface area contributed by atoms with E-state index in [9.17, 15) is 4.39 Å². The molecule has 1 heterocycles. The van der Waals surface area contributed by atoms with Gasteiger partial charge in [-0.05, 0) is 0 Å². The molecule has 0 aromatic heterocycles. The molecule has 88 valence electrons. The van der Waals surface area contributed by atoms with Gasteiger partial charge >= 0.3 is 0 Å². The lowest BCUT2D eigenvalue weighted by Crippen LogP contribution is -2.21. The summed E-state index contributed by atoms with van der Waals surface area (Å²) in [5, 5.41) is 8.99. The van der Waals surface area contributed by atoms with E-state index in [0.717, 1.165) is 0 Å². The highest BCUT2D eigenvalue weighted by atomic mass is 19.1. The number of halogens is 1. The molecular weight excluding hydrogens is 221 g/mol. The van der Waals surface area contributed by atoms with Gasteiger partial charge in [0.1, 0.15) is 18.6 Å². The van der Waals surface area contributed by atoms with Gasteiger partial charge in [0.2, 0.25) is 12.0 Å². The average Bonchev–Trinajstić information content (AvgIpc) is 2.90. The van der Waals surface area contributed by atoms with Gasteiger partial charge in [0.15, 0.2) is 0 Å². The number of benzene rings is 1. The molecule has 0 saturated heterocycles. The Morgan fingerprint density at radius 1 is 1.24 bits per heavy atom. The average molecular weight is 233 g/mol. The second-order valence-electron chi connectivity index (χ2n) is 3.79. The van der Waals surface area contributed by atoms with Crippen LogP contribution in [-0.4, -0.2) is 6.29 Å². The molecule has 0 spiro atoms. The van der Waals surface area contributed by atoms with E-state index in [1.165, 1.54) is 12.5 Å². The van der Waals surface area contributed by atoms with E-state index in [1.807, 2.05) is 0 Å². The Hall–Kier alpha value is -2.02. The SMILES string of the molecule is N#CC(F)(CCC1OC=CO1)c1ccccc1. The molecule has 17 heavy (non-hydrogen) atoms. The van der Waals surface area contributed by atoms with Crippen LogP contribution in [0.15, 0.2) is 42.9 Å². The topological polar surface area (TPSA) is 42.2 Å². The van der Waals surface area contributed by atoms with Crippen LogP contribution >= 0.6 is 0 Å². The quantitative estimate of drug-likeness (QED) is 0.802. The van der Waals surface area contributed by atoms with Crippen LogP contribution in [0.25, 0.3) is 0 Å². The van der Waals surface area contributed by atoms with E-state index in [1.54, 1.807) is 36.4 Å². The van der Waals surface area contributed by atoms with Crippen LogP contribution < -0.4 is 0 Å². The van der Waals surface area contributed by atoms with Crippen molar-refractivity contribution in [1.82, 2.24) is 0 Å². The fraction of sp³-hybridized carbons (Fsp3) is 0.308. The predicted octanol–water partition coefficient (Wildman–Crippen LogP) is 3.00. The smallest absolute Gasteiger partial charge is 0.239 e. The van der Waals surface area contributed by atoms with Crippen molar-refractivity contribution in [2.45, 2.75) is 24.8 Å². The molecule has 0 saturated carbocycles. The van der Waals surface area contributed by atoms with Gasteiger partial charge < -0.3 is 9.47 Å². The molecule has 1 aromatic carbocycles. The first kappa shape index (κ1) is 11.5. The van der Waals surface area contributed by atoms with E-state index in [0.29, 0.717) is 12.0 Å². The summed E-state index contributed by atoms with van der Waals surface area (Å²) in [5.74, 6) is 0. The van der Waals surface area contributed by atoms with E-state index in [-0.39, 0.29) is 6.42 Å². The van der Waals surface area contributed by atoms with Crippen molar-refractivity contribution in [3.63, 3.8) is 0 Å². The molecule has 1 aliphatic heterocycles. The number of nitrogens with zero attached hydrogens (tertiary/aromatic N) is 1. The lowest BCUT2D eigenvalue weighted by molar-refractivity contribution is -0.0364. The lowest BCUT2D eigenvalue weighted by atomic mass is 9.92.